The molecule has 0 saturated carbocycles. The van der Waals surface area contributed by atoms with Crippen LogP contribution in [0.3, 0.4) is 0 Å². The molecule has 0 N–H and O–H groups in total. The van der Waals surface area contributed by atoms with E-state index in [1.807, 2.05) is 17.8 Å². The number of carbonyl (C=O) groups is 1. The molecule has 2 heterocycles. The lowest BCUT2D eigenvalue weighted by molar-refractivity contribution is -0.122. The number of hydrogen-bond donors (Lipinski definition) is 0. The summed E-state index contributed by atoms with van der Waals surface area (Å²) in [6, 6.07) is 2.03. The summed E-state index contributed by atoms with van der Waals surface area (Å²) in [4.78, 5) is 12.0. The SMILES string of the molecule is CCc1cc(CC(=O)CC2CCCCO2)n(C)n1. The van der Waals surface area contributed by atoms with Gasteiger partial charge in [0.05, 0.1) is 11.8 Å². The second kappa shape index (κ2) is 6.14. The molecule has 0 radical (unpaired) electrons. The van der Waals surface area contributed by atoms with Crippen LogP contribution in [0.25, 0.3) is 0 Å². The molecule has 1 saturated heterocycles. The number of hydrogen-bond acceptors (Lipinski definition) is 3. The van der Waals surface area contributed by atoms with E-state index in [0.29, 0.717) is 12.8 Å². The van der Waals surface area contributed by atoms with Gasteiger partial charge >= 0.3 is 0 Å². The van der Waals surface area contributed by atoms with E-state index in [9.17, 15) is 4.79 Å². The molecule has 2 rings (SSSR count). The van der Waals surface area contributed by atoms with Crippen LogP contribution in [0.2, 0.25) is 0 Å². The predicted octanol–water partition coefficient (Wildman–Crippen LogP) is 2.05. The Labute approximate surface area is 108 Å². The monoisotopic (exact) mass is 250 g/mol. The normalized spacial score (nSPS) is 20.0. The number of carbonyl (C=O) groups excluding carboxylic acids is 1. The summed E-state index contributed by atoms with van der Waals surface area (Å²) in [6.07, 6.45) is 5.42. The smallest absolute Gasteiger partial charge is 0.141 e. The molecule has 0 aromatic carbocycles. The minimum Gasteiger partial charge on any atom is -0.378 e. The van der Waals surface area contributed by atoms with Gasteiger partial charge in [-0.15, -0.1) is 0 Å². The number of nitrogens with zero attached hydrogens (tertiary/aromatic N) is 2. The molecule has 4 heteroatoms. The number of Topliss-reactive ketones (excluding diaryl/α,β-unsaturated/α-hetero) is 1. The van der Waals surface area contributed by atoms with Crippen molar-refractivity contribution in [3.63, 3.8) is 0 Å². The fraction of sp³-hybridized carbons (Fsp3) is 0.714. The standard InChI is InChI=1S/C14H22N2O2/c1-3-11-8-12(16(2)15-11)9-13(17)10-14-6-4-5-7-18-14/h8,14H,3-7,9-10H2,1-2H3. The number of ketones is 1. The van der Waals surface area contributed by atoms with Gasteiger partial charge in [0.15, 0.2) is 0 Å². The van der Waals surface area contributed by atoms with Crippen LogP contribution >= 0.6 is 0 Å². The van der Waals surface area contributed by atoms with Crippen molar-refractivity contribution in [3.8, 4) is 0 Å². The lowest BCUT2D eigenvalue weighted by atomic mass is 10.0. The summed E-state index contributed by atoms with van der Waals surface area (Å²) in [5.74, 6) is 0.257. The van der Waals surface area contributed by atoms with Crippen molar-refractivity contribution in [1.82, 2.24) is 9.78 Å². The van der Waals surface area contributed by atoms with Gasteiger partial charge in [0.1, 0.15) is 5.78 Å². The van der Waals surface area contributed by atoms with Crippen LogP contribution in [0.15, 0.2) is 6.07 Å². The van der Waals surface area contributed by atoms with Crippen LogP contribution in [0, 0.1) is 0 Å². The highest BCUT2D eigenvalue weighted by atomic mass is 16.5. The van der Waals surface area contributed by atoms with Gasteiger partial charge in [-0.1, -0.05) is 6.92 Å². The summed E-state index contributed by atoms with van der Waals surface area (Å²) in [6.45, 7) is 2.88. The zero-order valence-electron chi connectivity index (χ0n) is 11.3. The van der Waals surface area contributed by atoms with Crippen molar-refractivity contribution in [3.05, 3.63) is 17.5 Å². The fourth-order valence-electron chi connectivity index (χ4n) is 2.41. The molecule has 0 aliphatic carbocycles. The maximum atomic E-state index is 12.0. The van der Waals surface area contributed by atoms with Crippen molar-refractivity contribution in [2.24, 2.45) is 7.05 Å². The molecule has 1 unspecified atom stereocenters. The minimum absolute atomic E-state index is 0.144. The van der Waals surface area contributed by atoms with E-state index in [4.69, 9.17) is 4.74 Å². The molecule has 0 bridgehead atoms. The third-order valence-corrected chi connectivity index (χ3v) is 3.50. The lowest BCUT2D eigenvalue weighted by Crippen LogP contribution is -2.23. The van der Waals surface area contributed by atoms with Gasteiger partial charge in [0.25, 0.3) is 0 Å². The molecule has 1 fully saturated rings. The van der Waals surface area contributed by atoms with E-state index in [0.717, 1.165) is 37.3 Å². The lowest BCUT2D eigenvalue weighted by Gasteiger charge is -2.21. The molecular weight excluding hydrogens is 228 g/mol. The Morgan fingerprint density at radius 3 is 3.00 bits per heavy atom. The molecule has 100 valence electrons. The highest BCUT2D eigenvalue weighted by Gasteiger charge is 2.18. The molecule has 0 spiro atoms. The van der Waals surface area contributed by atoms with Crippen LogP contribution < -0.4 is 0 Å². The van der Waals surface area contributed by atoms with Gasteiger partial charge in [0.2, 0.25) is 0 Å². The van der Waals surface area contributed by atoms with Crippen molar-refractivity contribution < 1.29 is 9.53 Å². The quantitative estimate of drug-likeness (QED) is 0.803. The van der Waals surface area contributed by atoms with Crippen LogP contribution in [-0.4, -0.2) is 28.3 Å². The Balaban J connectivity index is 1.87. The molecule has 0 amide bonds. The fourth-order valence-corrected chi connectivity index (χ4v) is 2.41. The van der Waals surface area contributed by atoms with Crippen molar-refractivity contribution in [2.45, 2.75) is 51.6 Å². The molecule has 1 atom stereocenters. The molecule has 18 heavy (non-hydrogen) atoms. The average Bonchev–Trinajstić information content (AvgIpc) is 2.71. The maximum absolute atomic E-state index is 12.0. The average molecular weight is 250 g/mol. The van der Waals surface area contributed by atoms with E-state index in [1.165, 1.54) is 6.42 Å². The van der Waals surface area contributed by atoms with Crippen LogP contribution in [-0.2, 0) is 29.4 Å². The first-order valence-corrected chi connectivity index (χ1v) is 6.84. The largest absolute Gasteiger partial charge is 0.378 e. The van der Waals surface area contributed by atoms with Gasteiger partial charge < -0.3 is 4.74 Å². The minimum atomic E-state index is 0.144. The third-order valence-electron chi connectivity index (χ3n) is 3.50. The van der Waals surface area contributed by atoms with Crippen molar-refractivity contribution in [1.29, 1.82) is 0 Å². The molecule has 1 aromatic rings. The first-order chi connectivity index (χ1) is 8.69. The summed E-state index contributed by atoms with van der Waals surface area (Å²) in [7, 11) is 1.90. The highest BCUT2D eigenvalue weighted by Crippen LogP contribution is 2.17. The Kier molecular flexibility index (Phi) is 4.53. The van der Waals surface area contributed by atoms with E-state index in [-0.39, 0.29) is 11.9 Å². The highest BCUT2D eigenvalue weighted by molar-refractivity contribution is 5.81. The van der Waals surface area contributed by atoms with Crippen molar-refractivity contribution in [2.75, 3.05) is 6.61 Å². The van der Waals surface area contributed by atoms with Gasteiger partial charge in [-0.2, -0.15) is 5.10 Å². The van der Waals surface area contributed by atoms with Crippen LogP contribution in [0.1, 0.15) is 44.0 Å². The van der Waals surface area contributed by atoms with E-state index >= 15 is 0 Å². The van der Waals surface area contributed by atoms with Gasteiger partial charge in [-0.05, 0) is 31.7 Å². The van der Waals surface area contributed by atoms with Crippen molar-refractivity contribution >= 4 is 5.78 Å². The zero-order chi connectivity index (χ0) is 13.0. The molecular formula is C14H22N2O2. The number of ether oxygens (including phenoxy) is 1. The zero-order valence-corrected chi connectivity index (χ0v) is 11.3. The second-order valence-electron chi connectivity index (χ2n) is 5.01. The van der Waals surface area contributed by atoms with Gasteiger partial charge in [-0.25, -0.2) is 0 Å². The Bertz CT molecular complexity index is 406. The Morgan fingerprint density at radius 1 is 1.56 bits per heavy atom. The number of aromatic nitrogens is 2. The Morgan fingerprint density at radius 2 is 2.39 bits per heavy atom. The molecule has 1 aliphatic heterocycles. The van der Waals surface area contributed by atoms with E-state index < -0.39 is 0 Å². The summed E-state index contributed by atoms with van der Waals surface area (Å²) in [5, 5.41) is 4.36. The summed E-state index contributed by atoms with van der Waals surface area (Å²) < 4.78 is 7.42. The van der Waals surface area contributed by atoms with E-state index in [2.05, 4.69) is 12.0 Å². The summed E-state index contributed by atoms with van der Waals surface area (Å²) >= 11 is 0. The first kappa shape index (κ1) is 13.3. The Hall–Kier alpha value is -1.16. The van der Waals surface area contributed by atoms with Gasteiger partial charge in [0, 0.05) is 32.2 Å². The second-order valence-corrected chi connectivity index (χ2v) is 5.01. The van der Waals surface area contributed by atoms with Crippen LogP contribution in [0.5, 0.6) is 0 Å². The maximum Gasteiger partial charge on any atom is 0.141 e. The number of aryl methyl sites for hydroxylation is 2. The van der Waals surface area contributed by atoms with Gasteiger partial charge in [-0.3, -0.25) is 9.48 Å². The number of rotatable bonds is 5. The topological polar surface area (TPSA) is 44.1 Å². The summed E-state index contributed by atoms with van der Waals surface area (Å²) in [5.41, 5.74) is 2.06. The molecule has 1 aliphatic rings. The molecule has 1 aromatic heterocycles. The van der Waals surface area contributed by atoms with E-state index in [1.54, 1.807) is 0 Å². The third kappa shape index (κ3) is 3.42. The first-order valence-electron chi connectivity index (χ1n) is 6.84. The van der Waals surface area contributed by atoms with Crippen LogP contribution in [0.4, 0.5) is 0 Å². The predicted molar refractivity (Wildman–Crippen MR) is 69.5 cm³/mol. The molecule has 4 nitrogen and oxygen atoms in total.